The van der Waals surface area contributed by atoms with E-state index in [0.717, 1.165) is 28.8 Å². The van der Waals surface area contributed by atoms with Crippen LogP contribution in [0.5, 0.6) is 0 Å². The molecule has 0 aliphatic carbocycles. The number of aryl methyl sites for hydroxylation is 1. The van der Waals surface area contributed by atoms with Crippen LogP contribution in [-0.4, -0.2) is 29.0 Å². The molecule has 26 heavy (non-hydrogen) atoms. The van der Waals surface area contributed by atoms with Crippen molar-refractivity contribution in [3.05, 3.63) is 70.6 Å². The number of likely N-dealkylation sites (tertiary alicyclic amines) is 1. The van der Waals surface area contributed by atoms with Crippen LogP contribution < -0.4 is 0 Å². The Balaban J connectivity index is 1.46. The second-order valence-electron chi connectivity index (χ2n) is 7.04. The van der Waals surface area contributed by atoms with Gasteiger partial charge >= 0.3 is 0 Å². The largest absolute Gasteiger partial charge is 0.388 e. The molecule has 3 nitrogen and oxygen atoms in total. The van der Waals surface area contributed by atoms with E-state index in [1.54, 1.807) is 11.3 Å². The number of carbonyl (C=O) groups is 1. The summed E-state index contributed by atoms with van der Waals surface area (Å²) in [6.07, 6.45) is 1.23. The van der Waals surface area contributed by atoms with Gasteiger partial charge in [0.15, 0.2) is 0 Å². The maximum atomic E-state index is 13.0. The lowest BCUT2D eigenvalue weighted by atomic mass is 9.87. The number of aliphatic hydroxyl groups excluding tert-OH is 1. The zero-order valence-electron chi connectivity index (χ0n) is 14.9. The fourth-order valence-corrected chi connectivity index (χ4v) is 5.04. The van der Waals surface area contributed by atoms with Crippen LogP contribution in [0.3, 0.4) is 0 Å². The topological polar surface area (TPSA) is 40.5 Å². The Morgan fingerprint density at radius 3 is 2.42 bits per heavy atom. The molecular weight excluding hydrogens is 342 g/mol. The summed E-state index contributed by atoms with van der Waals surface area (Å²) in [5.74, 6) is 0.348. The van der Waals surface area contributed by atoms with E-state index in [-0.39, 0.29) is 11.8 Å². The number of hydrogen-bond donors (Lipinski definition) is 1. The Morgan fingerprint density at radius 1 is 1.08 bits per heavy atom. The van der Waals surface area contributed by atoms with E-state index in [2.05, 4.69) is 12.1 Å². The van der Waals surface area contributed by atoms with Gasteiger partial charge in [-0.2, -0.15) is 0 Å². The first-order chi connectivity index (χ1) is 12.6. The minimum absolute atomic E-state index is 0.136. The number of aliphatic hydroxyl groups is 1. The Bertz CT molecular complexity index is 910. The molecule has 1 atom stereocenters. The number of nitrogens with zero attached hydrogens (tertiary/aromatic N) is 1. The summed E-state index contributed by atoms with van der Waals surface area (Å²) in [6, 6.07) is 18.0. The number of thiophene rings is 1. The molecule has 4 rings (SSSR count). The first-order valence-corrected chi connectivity index (χ1v) is 9.97. The molecule has 0 saturated carbocycles. The van der Waals surface area contributed by atoms with Gasteiger partial charge in [0.1, 0.15) is 0 Å². The van der Waals surface area contributed by atoms with Crippen molar-refractivity contribution in [2.24, 2.45) is 5.92 Å². The summed E-state index contributed by atoms with van der Waals surface area (Å²) >= 11 is 1.59. The summed E-state index contributed by atoms with van der Waals surface area (Å²) in [5, 5.41) is 11.8. The van der Waals surface area contributed by atoms with Gasteiger partial charge in [0.2, 0.25) is 0 Å². The van der Waals surface area contributed by atoms with E-state index in [1.165, 1.54) is 10.1 Å². The highest BCUT2D eigenvalue weighted by Crippen LogP contribution is 2.34. The third-order valence-electron chi connectivity index (χ3n) is 5.45. The fourth-order valence-electron chi connectivity index (χ4n) is 3.86. The van der Waals surface area contributed by atoms with Gasteiger partial charge in [-0.15, -0.1) is 11.3 Å². The predicted octanol–water partition coefficient (Wildman–Crippen LogP) is 4.80. The minimum Gasteiger partial charge on any atom is -0.388 e. The highest BCUT2D eigenvalue weighted by molar-refractivity contribution is 7.21. The Labute approximate surface area is 157 Å². The Morgan fingerprint density at radius 2 is 1.73 bits per heavy atom. The lowest BCUT2D eigenvalue weighted by Crippen LogP contribution is -2.39. The molecule has 3 aromatic rings. The van der Waals surface area contributed by atoms with Crippen molar-refractivity contribution in [3.63, 3.8) is 0 Å². The van der Waals surface area contributed by atoms with Gasteiger partial charge in [-0.05, 0) is 48.3 Å². The molecule has 4 heteroatoms. The quantitative estimate of drug-likeness (QED) is 0.724. The second kappa shape index (κ2) is 7.22. The van der Waals surface area contributed by atoms with Crippen LogP contribution >= 0.6 is 11.3 Å². The number of fused-ring (bicyclic) bond motifs is 1. The van der Waals surface area contributed by atoms with Crippen LogP contribution in [0.4, 0.5) is 0 Å². The highest BCUT2D eigenvalue weighted by Gasteiger charge is 2.30. The summed E-state index contributed by atoms with van der Waals surface area (Å²) in [4.78, 5) is 15.8. The molecule has 0 radical (unpaired) electrons. The van der Waals surface area contributed by atoms with Crippen LogP contribution in [0, 0.1) is 12.8 Å². The molecule has 1 saturated heterocycles. The molecule has 1 amide bonds. The minimum atomic E-state index is -0.445. The van der Waals surface area contributed by atoms with Crippen molar-refractivity contribution in [2.75, 3.05) is 13.1 Å². The summed E-state index contributed by atoms with van der Waals surface area (Å²) in [6.45, 7) is 3.46. The van der Waals surface area contributed by atoms with E-state index >= 15 is 0 Å². The zero-order valence-corrected chi connectivity index (χ0v) is 15.7. The summed E-state index contributed by atoms with van der Waals surface area (Å²) in [5.41, 5.74) is 2.06. The Hall–Kier alpha value is -2.17. The van der Waals surface area contributed by atoms with E-state index in [9.17, 15) is 9.90 Å². The van der Waals surface area contributed by atoms with E-state index in [4.69, 9.17) is 0 Å². The first-order valence-electron chi connectivity index (χ1n) is 9.15. The van der Waals surface area contributed by atoms with Gasteiger partial charge in [-0.3, -0.25) is 4.79 Å². The van der Waals surface area contributed by atoms with Crippen molar-refractivity contribution in [3.8, 4) is 0 Å². The van der Waals surface area contributed by atoms with Gasteiger partial charge in [-0.1, -0.05) is 48.5 Å². The predicted molar refractivity (Wildman–Crippen MR) is 107 cm³/mol. The SMILES string of the molecule is Cc1c(C(=O)N2CCC(C(O)c3ccccc3)CC2)sc2ccccc12. The smallest absolute Gasteiger partial charge is 0.264 e. The van der Waals surface area contributed by atoms with Crippen molar-refractivity contribution in [2.45, 2.75) is 25.9 Å². The summed E-state index contributed by atoms with van der Waals surface area (Å²) < 4.78 is 1.17. The van der Waals surface area contributed by atoms with E-state index < -0.39 is 6.10 Å². The third-order valence-corrected chi connectivity index (χ3v) is 6.71. The average molecular weight is 365 g/mol. The number of rotatable bonds is 3. The van der Waals surface area contributed by atoms with E-state index in [1.807, 2.05) is 54.3 Å². The molecule has 134 valence electrons. The van der Waals surface area contributed by atoms with Gasteiger partial charge < -0.3 is 10.0 Å². The van der Waals surface area contributed by atoms with Gasteiger partial charge in [-0.25, -0.2) is 0 Å². The lowest BCUT2D eigenvalue weighted by molar-refractivity contribution is 0.0465. The first kappa shape index (κ1) is 17.3. The van der Waals surface area contributed by atoms with Crippen molar-refractivity contribution < 1.29 is 9.90 Å². The van der Waals surface area contributed by atoms with Crippen LogP contribution in [0.15, 0.2) is 54.6 Å². The number of amides is 1. The normalized spacial score (nSPS) is 16.8. The number of benzene rings is 2. The molecule has 1 aliphatic rings. The highest BCUT2D eigenvalue weighted by atomic mass is 32.1. The number of hydrogen-bond acceptors (Lipinski definition) is 3. The van der Waals surface area contributed by atoms with Crippen molar-refractivity contribution in [1.82, 2.24) is 4.90 Å². The van der Waals surface area contributed by atoms with Crippen LogP contribution in [-0.2, 0) is 0 Å². The molecule has 2 aromatic carbocycles. The molecule has 1 unspecified atom stereocenters. The second-order valence-corrected chi connectivity index (χ2v) is 8.09. The monoisotopic (exact) mass is 365 g/mol. The third kappa shape index (κ3) is 3.15. The van der Waals surface area contributed by atoms with Gasteiger partial charge in [0.05, 0.1) is 11.0 Å². The van der Waals surface area contributed by atoms with Crippen LogP contribution in [0.25, 0.3) is 10.1 Å². The van der Waals surface area contributed by atoms with Crippen LogP contribution in [0.1, 0.15) is 39.7 Å². The fraction of sp³-hybridized carbons (Fsp3) is 0.318. The van der Waals surface area contributed by atoms with E-state index in [0.29, 0.717) is 13.1 Å². The average Bonchev–Trinajstić information content (AvgIpc) is 3.04. The standard InChI is InChI=1S/C22H23NO2S/c1-15-18-9-5-6-10-19(18)26-21(15)22(25)23-13-11-17(12-14-23)20(24)16-7-3-2-4-8-16/h2-10,17,20,24H,11-14H2,1H3. The maximum Gasteiger partial charge on any atom is 0.264 e. The number of piperidine rings is 1. The van der Waals surface area contributed by atoms with Crippen molar-refractivity contribution in [1.29, 1.82) is 0 Å². The molecular formula is C22H23NO2S. The molecule has 1 N–H and O–H groups in total. The molecule has 0 spiro atoms. The van der Waals surface area contributed by atoms with Gasteiger partial charge in [0, 0.05) is 17.8 Å². The molecule has 1 aliphatic heterocycles. The molecule has 0 bridgehead atoms. The lowest BCUT2D eigenvalue weighted by Gasteiger charge is -2.34. The maximum absolute atomic E-state index is 13.0. The zero-order chi connectivity index (χ0) is 18.1. The Kier molecular flexibility index (Phi) is 4.79. The molecule has 2 heterocycles. The van der Waals surface area contributed by atoms with Crippen LogP contribution in [0.2, 0.25) is 0 Å². The molecule has 1 aromatic heterocycles. The summed E-state index contributed by atoms with van der Waals surface area (Å²) in [7, 11) is 0. The van der Waals surface area contributed by atoms with Crippen molar-refractivity contribution >= 4 is 27.3 Å². The number of carbonyl (C=O) groups excluding carboxylic acids is 1. The van der Waals surface area contributed by atoms with Gasteiger partial charge in [0.25, 0.3) is 5.91 Å². The molecule has 1 fully saturated rings.